The van der Waals surface area contributed by atoms with Crippen molar-refractivity contribution in [3.63, 3.8) is 0 Å². The minimum atomic E-state index is -3.53. The molecule has 6 rings (SSSR count). The zero-order valence-corrected chi connectivity index (χ0v) is 19.6. The summed E-state index contributed by atoms with van der Waals surface area (Å²) in [5.74, 6) is 0.393. The van der Waals surface area contributed by atoms with Gasteiger partial charge in [-0.3, -0.25) is 14.4 Å². The van der Waals surface area contributed by atoms with E-state index < -0.39 is 15.4 Å². The maximum Gasteiger partial charge on any atom is 0.242 e. The summed E-state index contributed by atoms with van der Waals surface area (Å²) in [6.07, 6.45) is 6.30. The smallest absolute Gasteiger partial charge is 0.242 e. The minimum absolute atomic E-state index is 0.0623. The molecule has 3 aliphatic rings. The molecule has 0 unspecified atom stereocenters. The number of ether oxygens (including phenoxy) is 1. The highest BCUT2D eigenvalue weighted by Crippen LogP contribution is 2.60. The number of hydrogen-bond acceptors (Lipinski definition) is 7. The third-order valence-electron chi connectivity index (χ3n) is 6.70. The van der Waals surface area contributed by atoms with Crippen LogP contribution in [0, 0.1) is 5.41 Å². The molecule has 2 fully saturated rings. The van der Waals surface area contributed by atoms with Gasteiger partial charge in [-0.15, -0.1) is 0 Å². The number of amides is 1. The summed E-state index contributed by atoms with van der Waals surface area (Å²) in [5.41, 5.74) is 1.94. The van der Waals surface area contributed by atoms with Gasteiger partial charge >= 0.3 is 0 Å². The van der Waals surface area contributed by atoms with Crippen molar-refractivity contribution in [2.75, 3.05) is 22.5 Å². The van der Waals surface area contributed by atoms with Gasteiger partial charge in [-0.1, -0.05) is 23.7 Å². The SMILES string of the molecule is CC1(COc2ncc(N3C(=O)C4(CC4)c4cc5c(NS(C)(=O)=O)noc5cc43)cc2Cl)CC1. The molecule has 0 bridgehead atoms. The fraction of sp³-hybridized carbons (Fsp3) is 0.409. The first-order valence-corrected chi connectivity index (χ1v) is 12.9. The lowest BCUT2D eigenvalue weighted by Gasteiger charge is -2.19. The van der Waals surface area contributed by atoms with Crippen LogP contribution in [0.2, 0.25) is 5.02 Å². The molecule has 3 heterocycles. The van der Waals surface area contributed by atoms with Gasteiger partial charge in [0.25, 0.3) is 0 Å². The lowest BCUT2D eigenvalue weighted by Crippen LogP contribution is -2.28. The van der Waals surface area contributed by atoms with Gasteiger partial charge in [-0.2, -0.15) is 0 Å². The second-order valence-electron chi connectivity index (χ2n) is 9.57. The normalized spacial score (nSPS) is 19.7. The lowest BCUT2D eigenvalue weighted by molar-refractivity contribution is -0.119. The molecule has 1 amide bonds. The van der Waals surface area contributed by atoms with Crippen molar-refractivity contribution in [2.45, 2.75) is 38.0 Å². The number of carbonyl (C=O) groups is 1. The molecule has 2 aliphatic carbocycles. The molecule has 1 N–H and O–H groups in total. The highest BCUT2D eigenvalue weighted by atomic mass is 35.5. The molecule has 9 nitrogen and oxygen atoms in total. The summed E-state index contributed by atoms with van der Waals surface area (Å²) in [6.45, 7) is 2.71. The lowest BCUT2D eigenvalue weighted by atomic mass is 9.96. The second kappa shape index (κ2) is 6.60. The number of aromatic nitrogens is 2. The first-order chi connectivity index (χ1) is 15.6. The Labute approximate surface area is 195 Å². The fourth-order valence-electron chi connectivity index (χ4n) is 4.34. The molecular formula is C22H21ClN4O5S. The summed E-state index contributed by atoms with van der Waals surface area (Å²) in [7, 11) is -3.53. The number of nitrogens with zero attached hydrogens (tertiary/aromatic N) is 3. The van der Waals surface area contributed by atoms with E-state index in [0.717, 1.165) is 24.7 Å². The summed E-state index contributed by atoms with van der Waals surface area (Å²) in [4.78, 5) is 19.5. The summed E-state index contributed by atoms with van der Waals surface area (Å²) < 4.78 is 36.9. The molecule has 1 aromatic carbocycles. The Kier molecular flexibility index (Phi) is 4.15. The van der Waals surface area contributed by atoms with Crippen molar-refractivity contribution in [1.29, 1.82) is 0 Å². The van der Waals surface area contributed by atoms with Crippen LogP contribution in [0.15, 0.2) is 28.9 Å². The summed E-state index contributed by atoms with van der Waals surface area (Å²) in [5, 5.41) is 4.70. The van der Waals surface area contributed by atoms with E-state index in [4.69, 9.17) is 20.9 Å². The van der Waals surface area contributed by atoms with Gasteiger partial charge in [0.15, 0.2) is 11.4 Å². The van der Waals surface area contributed by atoms with Gasteiger partial charge in [0, 0.05) is 11.5 Å². The maximum atomic E-state index is 13.5. The number of hydrogen-bond donors (Lipinski definition) is 1. The van der Waals surface area contributed by atoms with Gasteiger partial charge in [0.2, 0.25) is 21.8 Å². The van der Waals surface area contributed by atoms with E-state index in [2.05, 4.69) is 21.8 Å². The average Bonchev–Trinajstić information content (AvgIpc) is 3.64. The predicted octanol–water partition coefficient (Wildman–Crippen LogP) is 4.14. The van der Waals surface area contributed by atoms with Gasteiger partial charge in [-0.05, 0) is 43.4 Å². The fourth-order valence-corrected chi connectivity index (χ4v) is 5.05. The number of nitrogens with one attached hydrogen (secondary N) is 1. The van der Waals surface area contributed by atoms with Crippen LogP contribution in [0.1, 0.15) is 38.2 Å². The largest absolute Gasteiger partial charge is 0.476 e. The van der Waals surface area contributed by atoms with Gasteiger partial charge in [0.05, 0.1) is 41.2 Å². The molecule has 0 saturated heterocycles. The van der Waals surface area contributed by atoms with Crippen molar-refractivity contribution >= 4 is 55.7 Å². The van der Waals surface area contributed by atoms with Crippen LogP contribution in [-0.2, 0) is 20.2 Å². The molecular weight excluding hydrogens is 468 g/mol. The average molecular weight is 489 g/mol. The molecule has 3 aromatic rings. The van der Waals surface area contributed by atoms with E-state index in [0.29, 0.717) is 52.7 Å². The van der Waals surface area contributed by atoms with E-state index in [-0.39, 0.29) is 17.1 Å². The number of halogens is 1. The number of sulfonamides is 1. The quantitative estimate of drug-likeness (QED) is 0.554. The van der Waals surface area contributed by atoms with E-state index in [9.17, 15) is 13.2 Å². The highest BCUT2D eigenvalue weighted by molar-refractivity contribution is 7.92. The van der Waals surface area contributed by atoms with Crippen LogP contribution in [0.4, 0.5) is 17.2 Å². The van der Waals surface area contributed by atoms with Crippen molar-refractivity contribution in [3.8, 4) is 5.88 Å². The minimum Gasteiger partial charge on any atom is -0.476 e. The van der Waals surface area contributed by atoms with Crippen LogP contribution in [0.25, 0.3) is 11.0 Å². The monoisotopic (exact) mass is 488 g/mol. The number of fused-ring (bicyclic) bond motifs is 3. The molecule has 11 heteroatoms. The Balaban J connectivity index is 1.39. The topological polar surface area (TPSA) is 115 Å². The number of carbonyl (C=O) groups excluding carboxylic acids is 1. The van der Waals surface area contributed by atoms with E-state index in [1.54, 1.807) is 29.3 Å². The van der Waals surface area contributed by atoms with Crippen molar-refractivity contribution in [2.24, 2.45) is 5.41 Å². The van der Waals surface area contributed by atoms with Gasteiger partial charge < -0.3 is 9.26 Å². The molecule has 1 aliphatic heterocycles. The Morgan fingerprint density at radius 1 is 1.24 bits per heavy atom. The Morgan fingerprint density at radius 2 is 2.00 bits per heavy atom. The Bertz CT molecular complexity index is 1440. The third kappa shape index (κ3) is 3.34. The second-order valence-corrected chi connectivity index (χ2v) is 11.7. The number of anilines is 3. The molecule has 0 atom stereocenters. The molecule has 33 heavy (non-hydrogen) atoms. The van der Waals surface area contributed by atoms with Gasteiger partial charge in [0.1, 0.15) is 5.02 Å². The molecule has 1 spiro atoms. The number of benzene rings is 1. The van der Waals surface area contributed by atoms with Crippen LogP contribution < -0.4 is 14.4 Å². The summed E-state index contributed by atoms with van der Waals surface area (Å²) >= 11 is 6.46. The molecule has 172 valence electrons. The van der Waals surface area contributed by atoms with E-state index in [1.165, 1.54) is 0 Å². The highest BCUT2D eigenvalue weighted by Gasteiger charge is 2.60. The first kappa shape index (κ1) is 20.7. The standard InChI is InChI=1S/C22H21ClN4O5S/c1-21(3-4-21)11-31-19-15(23)7-12(10-24-19)27-16-9-17-13(18(25-32-17)26-33(2,29)30)8-14(16)22(5-6-22)20(27)28/h7-10H,3-6,11H2,1-2H3,(H,25,26). The number of pyridine rings is 1. The third-order valence-corrected chi connectivity index (χ3v) is 7.54. The first-order valence-electron chi connectivity index (χ1n) is 10.6. The van der Waals surface area contributed by atoms with E-state index in [1.807, 2.05) is 0 Å². The summed E-state index contributed by atoms with van der Waals surface area (Å²) in [6, 6.07) is 5.19. The van der Waals surface area contributed by atoms with Crippen LogP contribution >= 0.6 is 11.6 Å². The molecule has 0 radical (unpaired) electrons. The van der Waals surface area contributed by atoms with Crippen LogP contribution in [0.5, 0.6) is 5.88 Å². The number of rotatable bonds is 6. The van der Waals surface area contributed by atoms with E-state index >= 15 is 0 Å². The van der Waals surface area contributed by atoms with Crippen molar-refractivity contribution < 1.29 is 22.5 Å². The van der Waals surface area contributed by atoms with Crippen molar-refractivity contribution in [1.82, 2.24) is 10.1 Å². The zero-order valence-electron chi connectivity index (χ0n) is 18.0. The predicted molar refractivity (Wildman–Crippen MR) is 123 cm³/mol. The maximum absolute atomic E-state index is 13.5. The zero-order chi connectivity index (χ0) is 23.2. The van der Waals surface area contributed by atoms with Crippen LogP contribution in [-0.4, -0.2) is 37.3 Å². The Hall–Kier alpha value is -2.85. The van der Waals surface area contributed by atoms with Gasteiger partial charge in [-0.25, -0.2) is 13.4 Å². The van der Waals surface area contributed by atoms with Crippen molar-refractivity contribution in [3.05, 3.63) is 35.0 Å². The molecule has 2 aromatic heterocycles. The Morgan fingerprint density at radius 3 is 2.64 bits per heavy atom. The molecule has 2 saturated carbocycles. The van der Waals surface area contributed by atoms with Crippen LogP contribution in [0.3, 0.4) is 0 Å².